The van der Waals surface area contributed by atoms with Gasteiger partial charge in [0.1, 0.15) is 11.2 Å². The second-order valence-corrected chi connectivity index (χ2v) is 24.8. The number of fused-ring (bicyclic) bond motifs is 10. The van der Waals surface area contributed by atoms with Crippen LogP contribution in [0.25, 0.3) is 21.9 Å². The second-order valence-electron chi connectivity index (χ2n) is 24.8. The van der Waals surface area contributed by atoms with Crippen molar-refractivity contribution in [3.05, 3.63) is 161 Å². The highest BCUT2D eigenvalue weighted by atomic mass is 16.3. The fourth-order valence-corrected chi connectivity index (χ4v) is 13.3. The van der Waals surface area contributed by atoms with Crippen molar-refractivity contribution in [3.8, 4) is 0 Å². The van der Waals surface area contributed by atoms with E-state index in [0.717, 1.165) is 34.0 Å². The minimum atomic E-state index is -0.138. The third-order valence-electron chi connectivity index (χ3n) is 17.2. The average Bonchev–Trinajstić information content (AvgIpc) is 3.76. The van der Waals surface area contributed by atoms with Crippen LogP contribution in [0.5, 0.6) is 0 Å². The highest BCUT2D eigenvalue weighted by Crippen LogP contribution is 2.63. The molecular formula is C64H68BN3O. The summed E-state index contributed by atoms with van der Waals surface area (Å²) in [5.74, 6) is 0. The Balaban J connectivity index is 1.24. The zero-order valence-corrected chi connectivity index (χ0v) is 43.3. The lowest BCUT2D eigenvalue weighted by Crippen LogP contribution is -2.61. The van der Waals surface area contributed by atoms with Crippen molar-refractivity contribution in [1.82, 2.24) is 0 Å². The van der Waals surface area contributed by atoms with Crippen LogP contribution in [0.1, 0.15) is 135 Å². The Labute approximate surface area is 411 Å². The number of aryl methyl sites for hydroxylation is 2. The highest BCUT2D eigenvalue weighted by Gasteiger charge is 2.59. The van der Waals surface area contributed by atoms with E-state index in [0.29, 0.717) is 0 Å². The third-order valence-corrected chi connectivity index (χ3v) is 17.2. The van der Waals surface area contributed by atoms with Gasteiger partial charge in [0, 0.05) is 61.7 Å². The molecule has 1 saturated carbocycles. The summed E-state index contributed by atoms with van der Waals surface area (Å²) < 4.78 is 6.51. The summed E-state index contributed by atoms with van der Waals surface area (Å²) in [7, 11) is 0. The van der Waals surface area contributed by atoms with E-state index in [9.17, 15) is 0 Å². The first-order valence-electron chi connectivity index (χ1n) is 25.7. The number of para-hydroxylation sites is 1. The third kappa shape index (κ3) is 6.40. The Hall–Kier alpha value is -6.20. The summed E-state index contributed by atoms with van der Waals surface area (Å²) in [6, 6.07) is 49.7. The Morgan fingerprint density at radius 3 is 1.71 bits per heavy atom. The van der Waals surface area contributed by atoms with Gasteiger partial charge in [-0.15, -0.1) is 0 Å². The molecule has 0 amide bonds. The van der Waals surface area contributed by atoms with Crippen molar-refractivity contribution in [3.63, 3.8) is 0 Å². The topological polar surface area (TPSA) is 22.9 Å². The summed E-state index contributed by atoms with van der Waals surface area (Å²) in [5, 5.41) is 2.27. The van der Waals surface area contributed by atoms with Gasteiger partial charge >= 0.3 is 0 Å². The first kappa shape index (κ1) is 44.0. The van der Waals surface area contributed by atoms with Crippen LogP contribution in [-0.2, 0) is 21.7 Å². The molecule has 5 heteroatoms. The number of hydrogen-bond acceptors (Lipinski definition) is 4. The van der Waals surface area contributed by atoms with Crippen molar-refractivity contribution in [2.45, 2.75) is 143 Å². The van der Waals surface area contributed by atoms with Crippen LogP contribution >= 0.6 is 0 Å². The maximum absolute atomic E-state index is 6.51. The molecule has 7 aromatic carbocycles. The smallest absolute Gasteiger partial charge is 0.252 e. The molecule has 4 heterocycles. The molecule has 1 aromatic heterocycles. The van der Waals surface area contributed by atoms with E-state index < -0.39 is 0 Å². The van der Waals surface area contributed by atoms with Gasteiger partial charge in [0.15, 0.2) is 0 Å². The van der Waals surface area contributed by atoms with Gasteiger partial charge in [0.05, 0.1) is 5.54 Å². The summed E-state index contributed by atoms with van der Waals surface area (Å²) in [5.41, 5.74) is 23.8. The molecule has 8 aromatic rings. The summed E-state index contributed by atoms with van der Waals surface area (Å²) >= 11 is 0. The van der Waals surface area contributed by atoms with Crippen LogP contribution in [0.2, 0.25) is 0 Å². The molecular weight excluding hydrogens is 838 g/mol. The number of furan rings is 1. The molecule has 3 aliphatic heterocycles. The van der Waals surface area contributed by atoms with Crippen LogP contribution in [0.3, 0.4) is 0 Å². The van der Waals surface area contributed by atoms with E-state index in [2.05, 4.69) is 232 Å². The quantitative estimate of drug-likeness (QED) is 0.165. The van der Waals surface area contributed by atoms with E-state index in [1.54, 1.807) is 0 Å². The Kier molecular flexibility index (Phi) is 9.36. The summed E-state index contributed by atoms with van der Waals surface area (Å²) in [6.07, 6.45) is 4.78. The first-order valence-corrected chi connectivity index (χ1v) is 25.7. The van der Waals surface area contributed by atoms with E-state index in [-0.39, 0.29) is 33.9 Å². The van der Waals surface area contributed by atoms with Crippen molar-refractivity contribution < 1.29 is 4.42 Å². The Morgan fingerprint density at radius 1 is 0.493 bits per heavy atom. The molecule has 1 aliphatic carbocycles. The zero-order chi connectivity index (χ0) is 48.3. The lowest BCUT2D eigenvalue weighted by molar-refractivity contribution is 0.194. The molecule has 2 unspecified atom stereocenters. The molecule has 1 fully saturated rings. The molecule has 0 spiro atoms. The SMILES string of the molecule is Cc1cc(C)c2c(c1)N(c1cc3c4c(c1)N(c1ccc5oc6ccccc6c5c1)c1cc(C(C)(C)C)ccc1B4c1ccc(C(C)(C)C)cc1N3c1cccc(C(C)(C)C)c1)C1(C)CCCCC21C. The molecule has 0 N–H and O–H groups in total. The van der Waals surface area contributed by atoms with Gasteiger partial charge in [0.25, 0.3) is 6.71 Å². The number of benzene rings is 7. The van der Waals surface area contributed by atoms with Crippen LogP contribution in [0, 0.1) is 13.8 Å². The van der Waals surface area contributed by atoms with Crippen molar-refractivity contribution >= 4 is 90.5 Å². The van der Waals surface area contributed by atoms with Crippen LogP contribution in [0.15, 0.2) is 132 Å². The molecule has 69 heavy (non-hydrogen) atoms. The monoisotopic (exact) mass is 906 g/mol. The van der Waals surface area contributed by atoms with Gasteiger partial charge in [0.2, 0.25) is 0 Å². The average molecular weight is 906 g/mol. The van der Waals surface area contributed by atoms with Crippen molar-refractivity contribution in [2.24, 2.45) is 0 Å². The molecule has 0 bridgehead atoms. The lowest BCUT2D eigenvalue weighted by Gasteiger charge is -2.51. The minimum Gasteiger partial charge on any atom is -0.456 e. The van der Waals surface area contributed by atoms with Gasteiger partial charge in [-0.1, -0.05) is 143 Å². The van der Waals surface area contributed by atoms with E-state index in [1.807, 2.05) is 0 Å². The molecule has 2 atom stereocenters. The fraction of sp³-hybridized carbons (Fsp3) is 0.344. The normalized spacial score (nSPS) is 19.7. The van der Waals surface area contributed by atoms with Crippen LogP contribution in [-0.4, -0.2) is 12.3 Å². The van der Waals surface area contributed by atoms with Crippen LogP contribution < -0.4 is 31.1 Å². The maximum Gasteiger partial charge on any atom is 0.252 e. The fourth-order valence-electron chi connectivity index (χ4n) is 13.3. The summed E-state index contributed by atoms with van der Waals surface area (Å²) in [6.45, 7) is 30.9. The number of anilines is 8. The largest absolute Gasteiger partial charge is 0.456 e. The van der Waals surface area contributed by atoms with E-state index in [1.165, 1.54) is 109 Å². The predicted octanol–water partition coefficient (Wildman–Crippen LogP) is 15.9. The molecule has 348 valence electrons. The van der Waals surface area contributed by atoms with E-state index in [4.69, 9.17) is 4.42 Å². The van der Waals surface area contributed by atoms with Crippen molar-refractivity contribution in [1.29, 1.82) is 0 Å². The van der Waals surface area contributed by atoms with Gasteiger partial charge in [-0.2, -0.15) is 0 Å². The molecule has 0 saturated heterocycles. The van der Waals surface area contributed by atoms with Crippen LogP contribution in [0.4, 0.5) is 45.5 Å². The Morgan fingerprint density at radius 2 is 1.07 bits per heavy atom. The predicted molar refractivity (Wildman–Crippen MR) is 296 cm³/mol. The standard InChI is InChI=1S/C64H68BN3O/c1-39-31-40(2)58-53(32-39)68(64(13)30-17-16-29-63(58,64)12)46-37-54-59-55(38-46)67(45-25-28-57-48(36-45)47-21-14-15-22-56(47)69-57)52-35-43(62(9,10)11)24-27-50(52)65(59)49-26-23-42(61(6,7)8)34-51(49)66(54)44-20-18-19-41(33-44)60(3,4)5/h14-15,18-28,31-38H,16-17,29-30H2,1-13H3. The Bertz CT molecular complexity index is 3450. The molecule has 12 rings (SSSR count). The lowest BCUT2D eigenvalue weighted by atomic mass is 9.33. The molecule has 4 aliphatic rings. The molecule has 0 radical (unpaired) electrons. The maximum atomic E-state index is 6.51. The van der Waals surface area contributed by atoms with Gasteiger partial charge < -0.3 is 19.1 Å². The minimum absolute atomic E-state index is 0.000224. The zero-order valence-electron chi connectivity index (χ0n) is 43.3. The number of hydrogen-bond donors (Lipinski definition) is 0. The second kappa shape index (κ2) is 14.7. The van der Waals surface area contributed by atoms with Gasteiger partial charge in [-0.25, -0.2) is 0 Å². The first-order chi connectivity index (χ1) is 32.7. The van der Waals surface area contributed by atoms with Gasteiger partial charge in [-0.3, -0.25) is 0 Å². The highest BCUT2D eigenvalue weighted by molar-refractivity contribution is 7.00. The van der Waals surface area contributed by atoms with Gasteiger partial charge in [-0.05, 0) is 166 Å². The van der Waals surface area contributed by atoms with Crippen molar-refractivity contribution in [2.75, 3.05) is 14.7 Å². The van der Waals surface area contributed by atoms with E-state index >= 15 is 0 Å². The summed E-state index contributed by atoms with van der Waals surface area (Å²) in [4.78, 5) is 8.10. The number of rotatable bonds is 3. The number of nitrogens with zero attached hydrogens (tertiary/aromatic N) is 3. The molecule has 4 nitrogen and oxygen atoms in total.